The lowest BCUT2D eigenvalue weighted by molar-refractivity contribution is 0.0502. The second-order valence-electron chi connectivity index (χ2n) is 4.33. The van der Waals surface area contributed by atoms with Crippen LogP contribution in [0.4, 0.5) is 10.2 Å². The average molecular weight is 210 g/mol. The van der Waals surface area contributed by atoms with E-state index in [1.165, 1.54) is 6.07 Å². The molecule has 1 fully saturated rings. The molecule has 1 aromatic rings. The first-order valence-corrected chi connectivity index (χ1v) is 5.17. The first kappa shape index (κ1) is 10.4. The monoisotopic (exact) mass is 210 g/mol. The molecule has 1 unspecified atom stereocenters. The Hall–Kier alpha value is -1.16. The van der Waals surface area contributed by atoms with Gasteiger partial charge in [0.05, 0.1) is 5.60 Å². The van der Waals surface area contributed by atoms with Gasteiger partial charge in [0.1, 0.15) is 5.82 Å². The summed E-state index contributed by atoms with van der Waals surface area (Å²) in [6.45, 7) is 2.21. The highest BCUT2D eigenvalue weighted by molar-refractivity contribution is 5.34. The van der Waals surface area contributed by atoms with Crippen LogP contribution in [0, 0.1) is 11.9 Å². The Morgan fingerprint density at radius 1 is 1.60 bits per heavy atom. The van der Waals surface area contributed by atoms with Crippen molar-refractivity contribution >= 4 is 5.82 Å². The Bertz CT molecular complexity index is 350. The fourth-order valence-electron chi connectivity index (χ4n) is 1.63. The third-order valence-electron chi connectivity index (χ3n) is 2.80. The summed E-state index contributed by atoms with van der Waals surface area (Å²) in [6.07, 6.45) is 2.15. The molecule has 2 N–H and O–H groups in total. The third-order valence-corrected chi connectivity index (χ3v) is 2.80. The minimum Gasteiger partial charge on any atom is -0.388 e. The number of nitrogens with one attached hydrogen (secondary N) is 1. The smallest absolute Gasteiger partial charge is 0.214 e. The van der Waals surface area contributed by atoms with Crippen molar-refractivity contribution in [2.45, 2.75) is 25.4 Å². The molecule has 0 radical (unpaired) electrons. The van der Waals surface area contributed by atoms with Crippen LogP contribution in [0.2, 0.25) is 0 Å². The molecule has 0 aromatic carbocycles. The summed E-state index contributed by atoms with van der Waals surface area (Å²) < 4.78 is 12.7. The number of halogens is 1. The summed E-state index contributed by atoms with van der Waals surface area (Å²) in [5.74, 6) is 0.334. The predicted octanol–water partition coefficient (Wildman–Crippen LogP) is 1.79. The van der Waals surface area contributed by atoms with Crippen molar-refractivity contribution in [2.24, 2.45) is 5.92 Å². The third kappa shape index (κ3) is 2.65. The summed E-state index contributed by atoms with van der Waals surface area (Å²) in [7, 11) is 0. The lowest BCUT2D eigenvalue weighted by Gasteiger charge is -2.23. The van der Waals surface area contributed by atoms with Crippen LogP contribution in [0.5, 0.6) is 0 Å². The zero-order valence-electron chi connectivity index (χ0n) is 8.70. The zero-order chi connectivity index (χ0) is 10.9. The van der Waals surface area contributed by atoms with Crippen LogP contribution in [0.15, 0.2) is 18.2 Å². The molecule has 0 amide bonds. The van der Waals surface area contributed by atoms with Crippen molar-refractivity contribution in [2.75, 3.05) is 11.9 Å². The Morgan fingerprint density at radius 3 is 2.93 bits per heavy atom. The number of pyridine rings is 1. The standard InChI is InChI=1S/C11H15FN2O/c1-11(15,8-5-6-8)7-13-10-4-2-3-9(12)14-10/h2-4,8,15H,5-7H2,1H3,(H,13,14). The van der Waals surface area contributed by atoms with Crippen LogP contribution in [0.1, 0.15) is 19.8 Å². The minimum atomic E-state index is -0.714. The van der Waals surface area contributed by atoms with E-state index in [2.05, 4.69) is 10.3 Å². The van der Waals surface area contributed by atoms with Gasteiger partial charge in [0.2, 0.25) is 5.95 Å². The Kier molecular flexibility index (Phi) is 2.61. The number of aromatic nitrogens is 1. The molecule has 1 aliphatic carbocycles. The number of nitrogens with zero attached hydrogens (tertiary/aromatic N) is 1. The van der Waals surface area contributed by atoms with Crippen LogP contribution in [0.3, 0.4) is 0 Å². The Balaban J connectivity index is 1.92. The van der Waals surface area contributed by atoms with Crippen LogP contribution in [0.25, 0.3) is 0 Å². The van der Waals surface area contributed by atoms with E-state index in [1.54, 1.807) is 19.1 Å². The van der Waals surface area contributed by atoms with E-state index < -0.39 is 11.5 Å². The molecule has 0 spiro atoms. The molecule has 4 heteroatoms. The van der Waals surface area contributed by atoms with Gasteiger partial charge in [-0.3, -0.25) is 0 Å². The van der Waals surface area contributed by atoms with Crippen molar-refractivity contribution in [3.8, 4) is 0 Å². The summed E-state index contributed by atoms with van der Waals surface area (Å²) in [6, 6.07) is 4.58. The number of rotatable bonds is 4. The van der Waals surface area contributed by atoms with E-state index in [4.69, 9.17) is 0 Å². The van der Waals surface area contributed by atoms with Crippen LogP contribution >= 0.6 is 0 Å². The quantitative estimate of drug-likeness (QED) is 0.745. The fourth-order valence-corrected chi connectivity index (χ4v) is 1.63. The fraction of sp³-hybridized carbons (Fsp3) is 0.545. The molecule has 0 aliphatic heterocycles. The van der Waals surface area contributed by atoms with E-state index in [0.29, 0.717) is 18.3 Å². The van der Waals surface area contributed by atoms with Gasteiger partial charge < -0.3 is 10.4 Å². The lowest BCUT2D eigenvalue weighted by Crippen LogP contribution is -2.35. The molecule has 1 heterocycles. The predicted molar refractivity (Wildman–Crippen MR) is 56.0 cm³/mol. The highest BCUT2D eigenvalue weighted by atomic mass is 19.1. The normalized spacial score (nSPS) is 19.7. The topological polar surface area (TPSA) is 45.1 Å². The second-order valence-corrected chi connectivity index (χ2v) is 4.33. The van der Waals surface area contributed by atoms with E-state index in [9.17, 15) is 9.50 Å². The molecule has 1 atom stereocenters. The van der Waals surface area contributed by atoms with Gasteiger partial charge in [-0.05, 0) is 37.8 Å². The molecular formula is C11H15FN2O. The summed E-state index contributed by atoms with van der Waals surface area (Å²) in [5, 5.41) is 12.9. The van der Waals surface area contributed by atoms with Gasteiger partial charge in [0.15, 0.2) is 0 Å². The van der Waals surface area contributed by atoms with Crippen molar-refractivity contribution < 1.29 is 9.50 Å². The second kappa shape index (κ2) is 3.77. The van der Waals surface area contributed by atoms with Crippen LogP contribution in [-0.4, -0.2) is 22.2 Å². The first-order chi connectivity index (χ1) is 7.08. The molecular weight excluding hydrogens is 195 g/mol. The van der Waals surface area contributed by atoms with Crippen molar-refractivity contribution in [1.82, 2.24) is 4.98 Å². The summed E-state index contributed by atoms with van der Waals surface area (Å²) >= 11 is 0. The maximum Gasteiger partial charge on any atom is 0.214 e. The largest absolute Gasteiger partial charge is 0.388 e. The molecule has 15 heavy (non-hydrogen) atoms. The molecule has 0 bridgehead atoms. The number of hydrogen-bond donors (Lipinski definition) is 2. The number of hydrogen-bond acceptors (Lipinski definition) is 3. The Morgan fingerprint density at radius 2 is 2.33 bits per heavy atom. The van der Waals surface area contributed by atoms with Gasteiger partial charge >= 0.3 is 0 Å². The molecule has 1 saturated carbocycles. The Labute approximate surface area is 88.3 Å². The van der Waals surface area contributed by atoms with Gasteiger partial charge in [-0.2, -0.15) is 4.39 Å². The lowest BCUT2D eigenvalue weighted by atomic mass is 10.0. The van der Waals surface area contributed by atoms with Gasteiger partial charge in [0.25, 0.3) is 0 Å². The maximum atomic E-state index is 12.7. The summed E-state index contributed by atoms with van der Waals surface area (Å²) in [4.78, 5) is 3.67. The highest BCUT2D eigenvalue weighted by Crippen LogP contribution is 2.39. The van der Waals surface area contributed by atoms with E-state index >= 15 is 0 Å². The van der Waals surface area contributed by atoms with Gasteiger partial charge in [-0.15, -0.1) is 0 Å². The van der Waals surface area contributed by atoms with Crippen molar-refractivity contribution in [1.29, 1.82) is 0 Å². The van der Waals surface area contributed by atoms with E-state index in [1.807, 2.05) is 0 Å². The molecule has 0 saturated heterocycles. The van der Waals surface area contributed by atoms with Gasteiger partial charge in [-0.1, -0.05) is 6.07 Å². The molecule has 1 aliphatic rings. The van der Waals surface area contributed by atoms with Gasteiger partial charge in [-0.25, -0.2) is 4.98 Å². The molecule has 82 valence electrons. The van der Waals surface area contributed by atoms with E-state index in [0.717, 1.165) is 12.8 Å². The first-order valence-electron chi connectivity index (χ1n) is 5.17. The van der Waals surface area contributed by atoms with Crippen LogP contribution < -0.4 is 5.32 Å². The number of aliphatic hydroxyl groups is 1. The van der Waals surface area contributed by atoms with Gasteiger partial charge in [0, 0.05) is 6.54 Å². The summed E-state index contributed by atoms with van der Waals surface area (Å²) in [5.41, 5.74) is -0.714. The SMILES string of the molecule is CC(O)(CNc1cccc(F)n1)C1CC1. The highest BCUT2D eigenvalue weighted by Gasteiger charge is 2.39. The van der Waals surface area contributed by atoms with Crippen LogP contribution in [-0.2, 0) is 0 Å². The van der Waals surface area contributed by atoms with Crippen molar-refractivity contribution in [3.05, 3.63) is 24.1 Å². The minimum absolute atomic E-state index is 0.374. The maximum absolute atomic E-state index is 12.7. The molecule has 2 rings (SSSR count). The zero-order valence-corrected chi connectivity index (χ0v) is 8.70. The average Bonchev–Trinajstić information content (AvgIpc) is 2.98. The molecule has 3 nitrogen and oxygen atoms in total. The number of anilines is 1. The van der Waals surface area contributed by atoms with E-state index in [-0.39, 0.29) is 0 Å². The van der Waals surface area contributed by atoms with Crippen molar-refractivity contribution in [3.63, 3.8) is 0 Å². The molecule has 1 aromatic heterocycles.